The molecule has 2 aromatic rings. The minimum absolute atomic E-state index is 0.318. The Balaban J connectivity index is 2.59. The van der Waals surface area contributed by atoms with Gasteiger partial charge in [0.1, 0.15) is 11.5 Å². The normalized spacial score (nSPS) is 9.64. The lowest BCUT2D eigenvalue weighted by atomic mass is 10.1. The first-order valence-corrected chi connectivity index (χ1v) is 4.09. The van der Waals surface area contributed by atoms with Gasteiger partial charge >= 0.3 is 0 Å². The number of rotatable bonds is 1. The SMILES string of the molecule is [C-]#[N+]c1c(-c2ccccc2)n[nH]c1N. The molecule has 0 saturated carbocycles. The number of hydrogen-bond donors (Lipinski definition) is 2. The highest BCUT2D eigenvalue weighted by atomic mass is 15.2. The maximum Gasteiger partial charge on any atom is 0.254 e. The second-order valence-corrected chi connectivity index (χ2v) is 2.81. The molecule has 0 spiro atoms. The molecule has 2 rings (SSSR count). The second kappa shape index (κ2) is 3.23. The van der Waals surface area contributed by atoms with E-state index in [1.54, 1.807) is 0 Å². The van der Waals surface area contributed by atoms with Gasteiger partial charge in [0.25, 0.3) is 5.69 Å². The lowest BCUT2D eigenvalue weighted by molar-refractivity contribution is 1.10. The smallest absolute Gasteiger partial charge is 0.254 e. The molecule has 4 heteroatoms. The van der Waals surface area contributed by atoms with Crippen LogP contribution in [0.4, 0.5) is 11.5 Å². The first-order valence-electron chi connectivity index (χ1n) is 4.09. The third kappa shape index (κ3) is 1.21. The molecule has 0 fully saturated rings. The van der Waals surface area contributed by atoms with Gasteiger partial charge < -0.3 is 5.73 Å². The van der Waals surface area contributed by atoms with Crippen LogP contribution in [0, 0.1) is 6.57 Å². The zero-order valence-corrected chi connectivity index (χ0v) is 7.36. The molecule has 0 radical (unpaired) electrons. The Morgan fingerprint density at radius 2 is 2.00 bits per heavy atom. The average molecular weight is 184 g/mol. The Bertz CT molecular complexity index is 479. The van der Waals surface area contributed by atoms with Crippen molar-refractivity contribution >= 4 is 11.5 Å². The molecule has 0 amide bonds. The molecule has 0 bridgehead atoms. The van der Waals surface area contributed by atoms with Crippen molar-refractivity contribution in [3.8, 4) is 11.3 Å². The van der Waals surface area contributed by atoms with Crippen LogP contribution >= 0.6 is 0 Å². The number of nitrogens with zero attached hydrogens (tertiary/aromatic N) is 2. The maximum absolute atomic E-state index is 6.98. The molecule has 1 aromatic carbocycles. The van der Waals surface area contributed by atoms with Crippen molar-refractivity contribution < 1.29 is 0 Å². The van der Waals surface area contributed by atoms with E-state index in [0.717, 1.165) is 5.56 Å². The third-order valence-corrected chi connectivity index (χ3v) is 1.93. The zero-order valence-electron chi connectivity index (χ0n) is 7.36. The Labute approximate surface area is 81.2 Å². The molecule has 0 atom stereocenters. The predicted molar refractivity (Wildman–Crippen MR) is 54.7 cm³/mol. The van der Waals surface area contributed by atoms with Crippen molar-refractivity contribution in [3.05, 3.63) is 41.7 Å². The van der Waals surface area contributed by atoms with Gasteiger partial charge in [-0.2, -0.15) is 5.10 Å². The number of nitrogens with one attached hydrogen (secondary N) is 1. The third-order valence-electron chi connectivity index (χ3n) is 1.93. The van der Waals surface area contributed by atoms with E-state index < -0.39 is 0 Å². The van der Waals surface area contributed by atoms with Gasteiger partial charge in [0, 0.05) is 0 Å². The van der Waals surface area contributed by atoms with Crippen LogP contribution in [0.2, 0.25) is 0 Å². The quantitative estimate of drug-likeness (QED) is 0.667. The predicted octanol–water partition coefficient (Wildman–Crippen LogP) is 2.21. The highest BCUT2D eigenvalue weighted by Gasteiger charge is 2.11. The van der Waals surface area contributed by atoms with E-state index in [2.05, 4.69) is 15.0 Å². The zero-order chi connectivity index (χ0) is 9.97. The number of H-pyrrole nitrogens is 1. The minimum Gasteiger partial charge on any atom is -0.393 e. The van der Waals surface area contributed by atoms with Crippen molar-refractivity contribution in [3.63, 3.8) is 0 Å². The van der Waals surface area contributed by atoms with Crippen LogP contribution in [0.15, 0.2) is 30.3 Å². The number of benzene rings is 1. The number of nitrogens with two attached hydrogens (primary N) is 1. The number of anilines is 1. The summed E-state index contributed by atoms with van der Waals surface area (Å²) in [7, 11) is 0. The molecule has 1 heterocycles. The topological polar surface area (TPSA) is 59.1 Å². The summed E-state index contributed by atoms with van der Waals surface area (Å²) in [5, 5.41) is 6.59. The van der Waals surface area contributed by atoms with E-state index >= 15 is 0 Å². The van der Waals surface area contributed by atoms with Gasteiger partial charge in [-0.3, -0.25) is 5.10 Å². The summed E-state index contributed by atoms with van der Waals surface area (Å²) in [6.07, 6.45) is 0. The second-order valence-electron chi connectivity index (χ2n) is 2.81. The van der Waals surface area contributed by atoms with Crippen molar-refractivity contribution in [2.75, 3.05) is 5.73 Å². The molecular weight excluding hydrogens is 176 g/mol. The summed E-state index contributed by atoms with van der Waals surface area (Å²) in [4.78, 5) is 3.34. The van der Waals surface area contributed by atoms with E-state index in [0.29, 0.717) is 17.2 Å². The van der Waals surface area contributed by atoms with E-state index in [1.807, 2.05) is 30.3 Å². The fourth-order valence-corrected chi connectivity index (χ4v) is 1.26. The molecule has 0 aliphatic heterocycles. The van der Waals surface area contributed by atoms with Gasteiger partial charge in [-0.25, -0.2) is 4.85 Å². The molecule has 4 nitrogen and oxygen atoms in total. The summed E-state index contributed by atoms with van der Waals surface area (Å²) in [5.74, 6) is 0.318. The molecule has 68 valence electrons. The average Bonchev–Trinajstić information content (AvgIpc) is 2.61. The Morgan fingerprint density at radius 1 is 1.29 bits per heavy atom. The van der Waals surface area contributed by atoms with Crippen molar-refractivity contribution in [2.45, 2.75) is 0 Å². The Morgan fingerprint density at radius 3 is 2.64 bits per heavy atom. The van der Waals surface area contributed by atoms with Crippen molar-refractivity contribution in [1.29, 1.82) is 0 Å². The number of hydrogen-bond acceptors (Lipinski definition) is 2. The Kier molecular flexibility index (Phi) is 1.92. The van der Waals surface area contributed by atoms with Crippen LogP contribution in [0.3, 0.4) is 0 Å². The number of aromatic nitrogens is 2. The first kappa shape index (κ1) is 8.32. The number of aromatic amines is 1. The first-order chi connectivity index (χ1) is 6.83. The maximum atomic E-state index is 6.98. The molecule has 0 unspecified atom stereocenters. The van der Waals surface area contributed by atoms with E-state index in [9.17, 15) is 0 Å². The standard InChI is InChI=1S/C10H8N4/c1-12-9-8(13-14-10(9)11)7-5-3-2-4-6-7/h2-6H,(H3,11,13,14). The summed E-state index contributed by atoms with van der Waals surface area (Å²) in [5.41, 5.74) is 7.45. The molecular formula is C10H8N4. The molecule has 3 N–H and O–H groups in total. The molecule has 0 aliphatic carbocycles. The molecule has 1 aromatic heterocycles. The summed E-state index contributed by atoms with van der Waals surface area (Å²) in [6.45, 7) is 6.98. The van der Waals surface area contributed by atoms with Crippen LogP contribution in [0.5, 0.6) is 0 Å². The highest BCUT2D eigenvalue weighted by Crippen LogP contribution is 2.32. The van der Waals surface area contributed by atoms with Gasteiger partial charge in [0.2, 0.25) is 0 Å². The van der Waals surface area contributed by atoms with Crippen LogP contribution < -0.4 is 5.73 Å². The fraction of sp³-hybridized carbons (Fsp3) is 0. The molecule has 14 heavy (non-hydrogen) atoms. The number of nitrogen functional groups attached to an aromatic ring is 1. The molecule has 0 aliphatic rings. The Hall–Kier alpha value is -2.28. The van der Waals surface area contributed by atoms with Gasteiger partial charge in [-0.15, -0.1) is 0 Å². The highest BCUT2D eigenvalue weighted by molar-refractivity contribution is 5.82. The van der Waals surface area contributed by atoms with Crippen molar-refractivity contribution in [1.82, 2.24) is 10.2 Å². The van der Waals surface area contributed by atoms with Crippen molar-refractivity contribution in [2.24, 2.45) is 0 Å². The van der Waals surface area contributed by atoms with Crippen LogP contribution in [0.25, 0.3) is 16.1 Å². The summed E-state index contributed by atoms with van der Waals surface area (Å²) >= 11 is 0. The fourth-order valence-electron chi connectivity index (χ4n) is 1.26. The monoisotopic (exact) mass is 184 g/mol. The molecule has 0 saturated heterocycles. The van der Waals surface area contributed by atoms with Gasteiger partial charge in [-0.1, -0.05) is 30.3 Å². The van der Waals surface area contributed by atoms with Crippen LogP contribution in [0.1, 0.15) is 0 Å². The van der Waals surface area contributed by atoms with Crippen LogP contribution in [-0.2, 0) is 0 Å². The van der Waals surface area contributed by atoms with Crippen LogP contribution in [-0.4, -0.2) is 10.2 Å². The summed E-state index contributed by atoms with van der Waals surface area (Å²) in [6, 6.07) is 9.49. The van der Waals surface area contributed by atoms with Gasteiger partial charge in [0.15, 0.2) is 0 Å². The van der Waals surface area contributed by atoms with Gasteiger partial charge in [0.05, 0.1) is 6.57 Å². The van der Waals surface area contributed by atoms with E-state index in [-0.39, 0.29) is 0 Å². The largest absolute Gasteiger partial charge is 0.393 e. The lowest BCUT2D eigenvalue weighted by Gasteiger charge is -1.95. The van der Waals surface area contributed by atoms with Gasteiger partial charge in [-0.05, 0) is 5.56 Å². The van der Waals surface area contributed by atoms with E-state index in [1.165, 1.54) is 0 Å². The minimum atomic E-state index is 0.318. The van der Waals surface area contributed by atoms with E-state index in [4.69, 9.17) is 12.3 Å². The lowest BCUT2D eigenvalue weighted by Crippen LogP contribution is -1.82. The summed E-state index contributed by atoms with van der Waals surface area (Å²) < 4.78 is 0.